The maximum absolute atomic E-state index is 12.6. The molecule has 2 aromatic rings. The summed E-state index contributed by atoms with van der Waals surface area (Å²) in [5.74, 6) is 2.31. The lowest BCUT2D eigenvalue weighted by molar-refractivity contribution is 0.0710. The van der Waals surface area contributed by atoms with Crippen molar-refractivity contribution >= 4 is 5.91 Å². The highest BCUT2D eigenvalue weighted by molar-refractivity contribution is 5.95. The van der Waals surface area contributed by atoms with E-state index in [0.717, 1.165) is 48.8 Å². The van der Waals surface area contributed by atoms with E-state index >= 15 is 0 Å². The number of carbonyl (C=O) groups excluding carboxylic acids is 1. The van der Waals surface area contributed by atoms with Gasteiger partial charge in [-0.05, 0) is 32.9 Å². The summed E-state index contributed by atoms with van der Waals surface area (Å²) in [6.07, 6.45) is 3.60. The van der Waals surface area contributed by atoms with Crippen molar-refractivity contribution in [2.75, 3.05) is 33.3 Å². The second-order valence-corrected chi connectivity index (χ2v) is 7.08. The first-order chi connectivity index (χ1) is 12.5. The average molecular weight is 360 g/mol. The van der Waals surface area contributed by atoms with Crippen LogP contribution in [0.15, 0.2) is 12.3 Å². The number of nitrogens with one attached hydrogen (secondary N) is 1. The van der Waals surface area contributed by atoms with Crippen molar-refractivity contribution in [3.05, 3.63) is 35.2 Å². The van der Waals surface area contributed by atoms with Crippen LogP contribution in [-0.2, 0) is 13.6 Å². The number of aliphatic hydroxyl groups excluding tert-OH is 1. The topological polar surface area (TPSA) is 90.3 Å². The van der Waals surface area contributed by atoms with Crippen LogP contribution in [0, 0.1) is 6.92 Å². The van der Waals surface area contributed by atoms with Gasteiger partial charge in [-0.3, -0.25) is 9.69 Å². The number of hydrogen-bond donors (Lipinski definition) is 2. The maximum atomic E-state index is 12.6. The molecule has 8 nitrogen and oxygen atoms in total. The van der Waals surface area contributed by atoms with Crippen molar-refractivity contribution in [3.63, 3.8) is 0 Å². The minimum absolute atomic E-state index is 0.103. The summed E-state index contributed by atoms with van der Waals surface area (Å²) in [5, 5.41) is 17.8. The molecule has 1 aliphatic rings. The minimum Gasteiger partial charge on any atom is -0.395 e. The van der Waals surface area contributed by atoms with Gasteiger partial charge in [-0.15, -0.1) is 10.2 Å². The zero-order valence-corrected chi connectivity index (χ0v) is 15.8. The Morgan fingerprint density at radius 2 is 2.12 bits per heavy atom. The lowest BCUT2D eigenvalue weighted by Crippen LogP contribution is -2.38. The van der Waals surface area contributed by atoms with Crippen LogP contribution in [0.25, 0.3) is 0 Å². The van der Waals surface area contributed by atoms with E-state index < -0.39 is 0 Å². The smallest absolute Gasteiger partial charge is 0.255 e. The predicted octanol–water partition coefficient (Wildman–Crippen LogP) is 0.896. The first-order valence-electron chi connectivity index (χ1n) is 9.12. The third-order valence-corrected chi connectivity index (χ3v) is 5.22. The molecule has 0 aliphatic carbocycles. The molecule has 0 aromatic carbocycles. The lowest BCUT2D eigenvalue weighted by atomic mass is 9.95. The fraction of sp³-hybridized carbons (Fsp3) is 0.611. The Hall–Kier alpha value is -2.19. The third kappa shape index (κ3) is 3.81. The van der Waals surface area contributed by atoms with Crippen molar-refractivity contribution in [2.45, 2.75) is 32.2 Å². The number of carbonyl (C=O) groups is 1. The number of likely N-dealkylation sites (tertiary alicyclic amines) is 1. The van der Waals surface area contributed by atoms with Gasteiger partial charge in [0.1, 0.15) is 11.6 Å². The molecule has 26 heavy (non-hydrogen) atoms. The number of aryl methyl sites for hydroxylation is 1. The van der Waals surface area contributed by atoms with Crippen molar-refractivity contribution in [1.82, 2.24) is 29.5 Å². The van der Waals surface area contributed by atoms with E-state index in [-0.39, 0.29) is 12.5 Å². The Kier molecular flexibility index (Phi) is 5.73. The van der Waals surface area contributed by atoms with Gasteiger partial charge in [-0.1, -0.05) is 0 Å². The number of H-pyrrole nitrogens is 1. The fourth-order valence-corrected chi connectivity index (χ4v) is 3.56. The van der Waals surface area contributed by atoms with Crippen LogP contribution in [0.2, 0.25) is 0 Å². The van der Waals surface area contributed by atoms with E-state index in [4.69, 9.17) is 5.11 Å². The van der Waals surface area contributed by atoms with Crippen LogP contribution in [-0.4, -0.2) is 73.9 Å². The molecule has 1 aliphatic heterocycles. The largest absolute Gasteiger partial charge is 0.395 e. The van der Waals surface area contributed by atoms with Crippen LogP contribution < -0.4 is 0 Å². The fourth-order valence-electron chi connectivity index (χ4n) is 3.56. The summed E-state index contributed by atoms with van der Waals surface area (Å²) in [6, 6.07) is 1.85. The summed E-state index contributed by atoms with van der Waals surface area (Å²) in [5.41, 5.74) is 1.68. The molecule has 3 heterocycles. The van der Waals surface area contributed by atoms with Gasteiger partial charge in [-0.25, -0.2) is 0 Å². The molecule has 0 unspecified atom stereocenters. The van der Waals surface area contributed by atoms with Crippen LogP contribution in [0.3, 0.4) is 0 Å². The molecule has 0 atom stereocenters. The summed E-state index contributed by atoms with van der Waals surface area (Å²) in [6.45, 7) is 4.81. The van der Waals surface area contributed by atoms with Crippen molar-refractivity contribution in [1.29, 1.82) is 0 Å². The number of nitrogens with zero attached hydrogens (tertiary/aromatic N) is 5. The van der Waals surface area contributed by atoms with Gasteiger partial charge >= 0.3 is 0 Å². The van der Waals surface area contributed by atoms with E-state index in [1.165, 1.54) is 0 Å². The Bertz CT molecular complexity index is 745. The first-order valence-corrected chi connectivity index (χ1v) is 9.12. The Balaban J connectivity index is 1.61. The minimum atomic E-state index is 0.103. The Labute approximate surface area is 153 Å². The highest BCUT2D eigenvalue weighted by Crippen LogP contribution is 2.28. The second kappa shape index (κ2) is 8.01. The molecule has 1 saturated heterocycles. The summed E-state index contributed by atoms with van der Waals surface area (Å²) >= 11 is 0. The van der Waals surface area contributed by atoms with Crippen LogP contribution in [0.1, 0.15) is 46.5 Å². The highest BCUT2D eigenvalue weighted by Gasteiger charge is 2.28. The lowest BCUT2D eigenvalue weighted by Gasteiger charge is -2.31. The molecule has 1 fully saturated rings. The van der Waals surface area contributed by atoms with Gasteiger partial charge < -0.3 is 19.6 Å². The SMILES string of the molecule is Cc1[nH]ccc1C(=O)N1CCC(c2nnc(CN(C)CCO)n2C)CC1. The van der Waals surface area contributed by atoms with Crippen LogP contribution in [0.5, 0.6) is 0 Å². The molecule has 142 valence electrons. The van der Waals surface area contributed by atoms with Gasteiger partial charge in [0.2, 0.25) is 0 Å². The number of piperidine rings is 1. The molecule has 3 rings (SSSR count). The number of hydrogen-bond acceptors (Lipinski definition) is 5. The van der Waals surface area contributed by atoms with E-state index in [1.807, 2.05) is 43.1 Å². The standard InChI is InChI=1S/C18H28N6O2/c1-13-15(4-7-19-13)18(26)24-8-5-14(6-9-24)17-21-20-16(23(17)3)12-22(2)10-11-25/h4,7,14,19,25H,5-6,8-12H2,1-3H3. The second-order valence-electron chi connectivity index (χ2n) is 7.08. The number of amides is 1. The van der Waals surface area contributed by atoms with Gasteiger partial charge in [-0.2, -0.15) is 0 Å². The van der Waals surface area contributed by atoms with E-state index in [9.17, 15) is 4.79 Å². The van der Waals surface area contributed by atoms with Gasteiger partial charge in [0, 0.05) is 44.5 Å². The number of aliphatic hydroxyl groups is 1. The molecular formula is C18H28N6O2. The maximum Gasteiger partial charge on any atom is 0.255 e. The average Bonchev–Trinajstić information content (AvgIpc) is 3.21. The summed E-state index contributed by atoms with van der Waals surface area (Å²) in [4.78, 5) is 19.6. The van der Waals surface area contributed by atoms with E-state index in [0.29, 0.717) is 19.0 Å². The summed E-state index contributed by atoms with van der Waals surface area (Å²) < 4.78 is 2.06. The van der Waals surface area contributed by atoms with Crippen LogP contribution in [0.4, 0.5) is 0 Å². The zero-order valence-electron chi connectivity index (χ0n) is 15.8. The quantitative estimate of drug-likeness (QED) is 0.799. The van der Waals surface area contributed by atoms with E-state index in [1.54, 1.807) is 0 Å². The molecule has 0 spiro atoms. The Morgan fingerprint density at radius 3 is 2.73 bits per heavy atom. The van der Waals surface area contributed by atoms with Crippen LogP contribution >= 0.6 is 0 Å². The predicted molar refractivity (Wildman–Crippen MR) is 97.8 cm³/mol. The third-order valence-electron chi connectivity index (χ3n) is 5.22. The van der Waals surface area contributed by atoms with Crippen molar-refractivity contribution < 1.29 is 9.90 Å². The molecule has 2 aromatic heterocycles. The first kappa shape index (κ1) is 18.6. The molecule has 1 amide bonds. The Morgan fingerprint density at radius 1 is 1.38 bits per heavy atom. The molecule has 2 N–H and O–H groups in total. The van der Waals surface area contributed by atoms with Gasteiger partial charge in [0.25, 0.3) is 5.91 Å². The molecule has 0 bridgehead atoms. The normalized spacial score (nSPS) is 15.8. The molecular weight excluding hydrogens is 332 g/mol. The van der Waals surface area contributed by atoms with Crippen molar-refractivity contribution in [2.24, 2.45) is 7.05 Å². The molecule has 0 saturated carbocycles. The number of aromatic amines is 1. The molecule has 0 radical (unpaired) electrons. The number of likely N-dealkylation sites (N-methyl/N-ethyl adjacent to an activating group) is 1. The number of aromatic nitrogens is 4. The number of rotatable bonds is 6. The van der Waals surface area contributed by atoms with Crippen molar-refractivity contribution in [3.8, 4) is 0 Å². The van der Waals surface area contributed by atoms with Gasteiger partial charge in [0.15, 0.2) is 0 Å². The highest BCUT2D eigenvalue weighted by atomic mass is 16.3. The zero-order chi connectivity index (χ0) is 18.7. The van der Waals surface area contributed by atoms with Gasteiger partial charge in [0.05, 0.1) is 18.7 Å². The van der Waals surface area contributed by atoms with E-state index in [2.05, 4.69) is 19.7 Å². The molecule has 8 heteroatoms. The monoisotopic (exact) mass is 360 g/mol. The summed E-state index contributed by atoms with van der Waals surface area (Å²) in [7, 11) is 3.95.